The van der Waals surface area contributed by atoms with E-state index in [0.717, 1.165) is 4.90 Å². The number of thiophene rings is 1. The fraction of sp³-hybridized carbons (Fsp3) is 0.241. The van der Waals surface area contributed by atoms with Gasteiger partial charge >= 0.3 is 5.97 Å². The number of benzene rings is 2. The molecule has 10 nitrogen and oxygen atoms in total. The number of hydrogen-bond acceptors (Lipinski definition) is 9. The van der Waals surface area contributed by atoms with Crippen molar-refractivity contribution in [3.8, 4) is 0 Å². The Labute approximate surface area is 244 Å². The Hall–Kier alpha value is -4.13. The molecule has 0 bridgehead atoms. The summed E-state index contributed by atoms with van der Waals surface area (Å²) >= 11 is 2.44. The first-order chi connectivity index (χ1) is 19.7. The summed E-state index contributed by atoms with van der Waals surface area (Å²) in [6.07, 6.45) is -0.836. The van der Waals surface area contributed by atoms with Gasteiger partial charge in [-0.3, -0.25) is 19.3 Å². The zero-order chi connectivity index (χ0) is 29.3. The lowest BCUT2D eigenvalue weighted by molar-refractivity contribution is -0.193. The number of β-lactam (4-membered cyclic amide) rings is 1. The predicted octanol–water partition coefficient (Wildman–Crippen LogP) is 2.71. The van der Waals surface area contributed by atoms with Crippen molar-refractivity contribution in [1.29, 1.82) is 0 Å². The molecule has 3 aromatic rings. The minimum Gasteiger partial charge on any atom is -0.448 e. The van der Waals surface area contributed by atoms with Crippen molar-refractivity contribution in [1.82, 2.24) is 10.2 Å². The minimum absolute atomic E-state index is 0.0136. The van der Waals surface area contributed by atoms with Gasteiger partial charge in [0.25, 0.3) is 11.6 Å². The third kappa shape index (κ3) is 5.21. The number of nitrogens with zero attached hydrogens (tertiary/aromatic N) is 1. The van der Waals surface area contributed by atoms with Crippen LogP contribution in [-0.4, -0.2) is 52.0 Å². The van der Waals surface area contributed by atoms with E-state index in [0.29, 0.717) is 21.0 Å². The number of methoxy groups -OCH3 is 1. The lowest BCUT2D eigenvalue weighted by atomic mass is 9.96. The summed E-state index contributed by atoms with van der Waals surface area (Å²) in [6, 6.07) is 21.7. The van der Waals surface area contributed by atoms with Crippen LogP contribution in [0.1, 0.15) is 29.0 Å². The lowest BCUT2D eigenvalue weighted by Gasteiger charge is -2.56. The molecule has 2 aliphatic rings. The highest BCUT2D eigenvalue weighted by Crippen LogP contribution is 2.50. The highest BCUT2D eigenvalue weighted by Gasteiger charge is 2.68. The standard InChI is InChI=1S/C29H28N4O6S2/c1-16-22(25(31)35)23(26(36)39-24(17-9-5-3-6-10-17)18-11-7-4-8-12-18)33-27(37)29(38-2,28(33)40-16)32-21(34)15-19-13-14-20(30)41-19/h3-14,16,24,28H,15,30H2,1-2H3,(H2,31,35)(H,32,34)/t16?,28-,29-/m0/s1. The summed E-state index contributed by atoms with van der Waals surface area (Å²) < 4.78 is 11.6. The molecule has 5 N–H and O–H groups in total. The Morgan fingerprint density at radius 2 is 1.63 bits per heavy atom. The number of fused-ring (bicyclic) bond motifs is 1. The Morgan fingerprint density at radius 1 is 1.02 bits per heavy atom. The summed E-state index contributed by atoms with van der Waals surface area (Å²) in [5, 5.41) is 1.80. The number of ether oxygens (including phenoxy) is 2. The largest absolute Gasteiger partial charge is 0.448 e. The molecular weight excluding hydrogens is 564 g/mol. The van der Waals surface area contributed by atoms with Crippen LogP contribution >= 0.6 is 23.1 Å². The zero-order valence-electron chi connectivity index (χ0n) is 22.2. The van der Waals surface area contributed by atoms with Crippen LogP contribution in [0.3, 0.4) is 0 Å². The molecule has 3 amide bonds. The van der Waals surface area contributed by atoms with Gasteiger partial charge < -0.3 is 26.3 Å². The summed E-state index contributed by atoms with van der Waals surface area (Å²) in [5.74, 6) is -2.93. The van der Waals surface area contributed by atoms with E-state index in [-0.39, 0.29) is 17.7 Å². The Bertz CT molecular complexity index is 1490. The lowest BCUT2D eigenvalue weighted by Crippen LogP contribution is -2.81. The molecule has 1 unspecified atom stereocenters. The quantitative estimate of drug-likeness (QED) is 0.195. The molecule has 0 radical (unpaired) electrons. The number of anilines is 1. The molecule has 0 aliphatic carbocycles. The first-order valence-electron chi connectivity index (χ1n) is 12.7. The molecule has 3 atom stereocenters. The zero-order valence-corrected chi connectivity index (χ0v) is 23.9. The van der Waals surface area contributed by atoms with Crippen molar-refractivity contribution in [2.75, 3.05) is 12.8 Å². The van der Waals surface area contributed by atoms with Crippen LogP contribution in [0.15, 0.2) is 84.1 Å². The average Bonchev–Trinajstić information content (AvgIpc) is 3.38. The number of nitrogens with two attached hydrogens (primary N) is 2. The normalized spacial score (nSPS) is 21.7. The van der Waals surface area contributed by atoms with E-state index in [2.05, 4.69) is 5.32 Å². The van der Waals surface area contributed by atoms with Gasteiger partial charge in [-0.15, -0.1) is 23.1 Å². The number of carbonyl (C=O) groups is 4. The van der Waals surface area contributed by atoms with Crippen molar-refractivity contribution >= 4 is 51.8 Å². The molecule has 2 aromatic carbocycles. The number of amides is 3. The molecule has 0 spiro atoms. The van der Waals surface area contributed by atoms with Gasteiger partial charge in [-0.1, -0.05) is 60.7 Å². The number of nitrogen functional groups attached to an aromatic ring is 1. The first kappa shape index (κ1) is 28.4. The van der Waals surface area contributed by atoms with Crippen LogP contribution in [0.25, 0.3) is 0 Å². The van der Waals surface area contributed by atoms with Crippen LogP contribution in [-0.2, 0) is 35.1 Å². The molecule has 41 heavy (non-hydrogen) atoms. The van der Waals surface area contributed by atoms with E-state index in [1.807, 2.05) is 60.7 Å². The first-order valence-corrected chi connectivity index (χ1v) is 14.5. The van der Waals surface area contributed by atoms with Gasteiger partial charge in [0.1, 0.15) is 11.1 Å². The van der Waals surface area contributed by atoms with E-state index >= 15 is 0 Å². The van der Waals surface area contributed by atoms with Crippen molar-refractivity contribution in [2.45, 2.75) is 35.8 Å². The third-order valence-corrected chi connectivity index (χ3v) is 9.27. The van der Waals surface area contributed by atoms with Gasteiger partial charge in [-0.25, -0.2) is 4.79 Å². The van der Waals surface area contributed by atoms with Gasteiger partial charge in [0.05, 0.1) is 17.0 Å². The van der Waals surface area contributed by atoms with Crippen molar-refractivity contribution in [3.63, 3.8) is 0 Å². The van der Waals surface area contributed by atoms with Gasteiger partial charge in [0.15, 0.2) is 6.10 Å². The third-order valence-electron chi connectivity index (χ3n) is 6.91. The maximum absolute atomic E-state index is 13.9. The predicted molar refractivity (Wildman–Crippen MR) is 155 cm³/mol. The van der Waals surface area contributed by atoms with Crippen LogP contribution in [0, 0.1) is 0 Å². The van der Waals surface area contributed by atoms with E-state index in [9.17, 15) is 19.2 Å². The topological polar surface area (TPSA) is 154 Å². The SMILES string of the molecule is CO[C@@]1(NC(=O)Cc2ccc(N)s2)C(=O)N2C(C(=O)OC(c3ccccc3)c3ccccc3)=C(C(N)=O)C(C)S[C@H]21. The monoisotopic (exact) mass is 592 g/mol. The van der Waals surface area contributed by atoms with E-state index in [4.69, 9.17) is 20.9 Å². The van der Waals surface area contributed by atoms with Crippen molar-refractivity contribution in [3.05, 3.63) is 100 Å². The molecule has 0 saturated carbocycles. The van der Waals surface area contributed by atoms with Crippen molar-refractivity contribution in [2.24, 2.45) is 5.73 Å². The average molecular weight is 593 g/mol. The highest BCUT2D eigenvalue weighted by atomic mass is 32.2. The fourth-order valence-electron chi connectivity index (χ4n) is 4.99. The van der Waals surface area contributed by atoms with Gasteiger partial charge in [0, 0.05) is 17.2 Å². The smallest absolute Gasteiger partial charge is 0.356 e. The Morgan fingerprint density at radius 3 is 2.15 bits per heavy atom. The van der Waals surface area contributed by atoms with Crippen LogP contribution < -0.4 is 16.8 Å². The van der Waals surface area contributed by atoms with Gasteiger partial charge in [0.2, 0.25) is 11.8 Å². The number of primary amides is 1. The molecule has 5 rings (SSSR count). The second-order valence-corrected chi connectivity index (χ2v) is 12.1. The molecule has 1 aromatic heterocycles. The van der Waals surface area contributed by atoms with E-state index in [1.54, 1.807) is 19.1 Å². The Balaban J connectivity index is 1.47. The molecule has 1 fully saturated rings. The molecule has 3 heterocycles. The maximum Gasteiger partial charge on any atom is 0.356 e. The molecule has 1 saturated heterocycles. The van der Waals surface area contributed by atoms with Gasteiger partial charge in [-0.05, 0) is 30.2 Å². The summed E-state index contributed by atoms with van der Waals surface area (Å²) in [5.41, 5.74) is 10.8. The Kier molecular flexibility index (Phi) is 7.89. The molecular formula is C29H28N4O6S2. The summed E-state index contributed by atoms with van der Waals surface area (Å²) in [4.78, 5) is 55.0. The van der Waals surface area contributed by atoms with Crippen molar-refractivity contribution < 1.29 is 28.7 Å². The van der Waals surface area contributed by atoms with Crippen LogP contribution in [0.5, 0.6) is 0 Å². The molecule has 212 valence electrons. The van der Waals surface area contributed by atoms with Crippen LogP contribution in [0.4, 0.5) is 5.00 Å². The fourth-order valence-corrected chi connectivity index (χ4v) is 7.29. The van der Waals surface area contributed by atoms with Crippen LogP contribution in [0.2, 0.25) is 0 Å². The number of thioether (sulfide) groups is 1. The second kappa shape index (κ2) is 11.4. The second-order valence-electron chi connectivity index (χ2n) is 9.51. The minimum atomic E-state index is -1.76. The molecule has 2 aliphatic heterocycles. The number of nitrogens with one attached hydrogen (secondary N) is 1. The number of esters is 1. The number of hydrogen-bond donors (Lipinski definition) is 3. The maximum atomic E-state index is 13.9. The van der Waals surface area contributed by atoms with Gasteiger partial charge in [-0.2, -0.15) is 0 Å². The molecule has 12 heteroatoms. The summed E-state index contributed by atoms with van der Waals surface area (Å²) in [7, 11) is 1.30. The highest BCUT2D eigenvalue weighted by molar-refractivity contribution is 8.01. The number of rotatable bonds is 9. The summed E-state index contributed by atoms with van der Waals surface area (Å²) in [6.45, 7) is 1.70. The van der Waals surface area contributed by atoms with E-state index < -0.39 is 46.1 Å². The number of carbonyl (C=O) groups excluding carboxylic acids is 4. The van der Waals surface area contributed by atoms with E-state index in [1.165, 1.54) is 30.2 Å².